The summed E-state index contributed by atoms with van der Waals surface area (Å²) in [6.07, 6.45) is 0.677. The Bertz CT molecular complexity index is 517. The zero-order valence-electron chi connectivity index (χ0n) is 12.2. The number of methoxy groups -OCH3 is 1. The predicted octanol–water partition coefficient (Wildman–Crippen LogP) is 2.22. The Morgan fingerprint density at radius 3 is 2.55 bits per heavy atom. The molecule has 0 aliphatic rings. The molecule has 0 saturated heterocycles. The Balaban J connectivity index is 0.00000361. The largest absolute Gasteiger partial charge is 0.494 e. The first-order chi connectivity index (χ1) is 8.74. The number of hydrogen-bond donors (Lipinski definition) is 2. The fourth-order valence-electron chi connectivity index (χ4n) is 2.07. The van der Waals surface area contributed by atoms with E-state index in [9.17, 15) is 8.42 Å². The molecule has 1 heterocycles. The van der Waals surface area contributed by atoms with Gasteiger partial charge in [0, 0.05) is 12.1 Å². The van der Waals surface area contributed by atoms with Gasteiger partial charge in [0.15, 0.2) is 4.21 Å². The Kier molecular flexibility index (Phi) is 7.48. The summed E-state index contributed by atoms with van der Waals surface area (Å²) in [4.78, 5) is 0. The molecule has 0 radical (unpaired) electrons. The molecule has 0 spiro atoms. The van der Waals surface area contributed by atoms with Crippen molar-refractivity contribution < 1.29 is 13.2 Å². The third-order valence-electron chi connectivity index (χ3n) is 2.75. The van der Waals surface area contributed by atoms with Crippen molar-refractivity contribution >= 4 is 33.8 Å². The van der Waals surface area contributed by atoms with Gasteiger partial charge in [-0.25, -0.2) is 13.1 Å². The van der Waals surface area contributed by atoms with Crippen LogP contribution in [-0.2, 0) is 10.0 Å². The minimum Gasteiger partial charge on any atom is -0.494 e. The first kappa shape index (κ1) is 19.7. The Hall–Kier alpha value is -0.340. The van der Waals surface area contributed by atoms with E-state index in [0.29, 0.717) is 18.1 Å². The zero-order chi connectivity index (χ0) is 14.7. The van der Waals surface area contributed by atoms with Gasteiger partial charge in [-0.3, -0.25) is 0 Å². The number of halogens is 1. The molecule has 5 nitrogen and oxygen atoms in total. The van der Waals surface area contributed by atoms with E-state index in [4.69, 9.17) is 10.5 Å². The number of thiophene rings is 1. The minimum absolute atomic E-state index is 0. The third kappa shape index (κ3) is 4.89. The van der Waals surface area contributed by atoms with E-state index in [-0.39, 0.29) is 23.2 Å². The van der Waals surface area contributed by atoms with Crippen LogP contribution in [0.3, 0.4) is 0 Å². The van der Waals surface area contributed by atoms with Crippen molar-refractivity contribution in [3.8, 4) is 5.75 Å². The Morgan fingerprint density at radius 1 is 1.50 bits per heavy atom. The van der Waals surface area contributed by atoms with Crippen LogP contribution in [0.4, 0.5) is 0 Å². The molecule has 1 atom stereocenters. The summed E-state index contributed by atoms with van der Waals surface area (Å²) in [7, 11) is -2.16. The van der Waals surface area contributed by atoms with Gasteiger partial charge < -0.3 is 10.5 Å². The van der Waals surface area contributed by atoms with E-state index in [1.54, 1.807) is 11.4 Å². The number of nitrogens with one attached hydrogen (secondary N) is 1. The molecule has 1 aromatic heterocycles. The van der Waals surface area contributed by atoms with Crippen LogP contribution in [0.15, 0.2) is 15.7 Å². The van der Waals surface area contributed by atoms with Crippen LogP contribution in [0.25, 0.3) is 0 Å². The molecule has 0 bridgehead atoms. The molecule has 0 aliphatic heterocycles. The van der Waals surface area contributed by atoms with Crippen molar-refractivity contribution in [3.05, 3.63) is 11.4 Å². The standard InChI is InChI=1S/C12H22N2O3S2.ClH/c1-9(2)7-12(3,8-13)14-19(15,16)11-10(17-4)5-6-18-11;/h5-6,9,14H,7-8,13H2,1-4H3;1H. The van der Waals surface area contributed by atoms with Gasteiger partial charge in [-0.05, 0) is 30.7 Å². The maximum atomic E-state index is 12.4. The second-order valence-corrected chi connectivity index (χ2v) is 8.04. The summed E-state index contributed by atoms with van der Waals surface area (Å²) in [6, 6.07) is 1.64. The quantitative estimate of drug-likeness (QED) is 0.796. The molecule has 0 aromatic carbocycles. The molecule has 0 aliphatic carbocycles. The number of nitrogens with two attached hydrogens (primary N) is 1. The molecule has 1 unspecified atom stereocenters. The smallest absolute Gasteiger partial charge is 0.254 e. The van der Waals surface area contributed by atoms with Gasteiger partial charge in [0.2, 0.25) is 0 Å². The highest BCUT2D eigenvalue weighted by Gasteiger charge is 2.32. The molecule has 20 heavy (non-hydrogen) atoms. The summed E-state index contributed by atoms with van der Waals surface area (Å²) in [5.41, 5.74) is 5.08. The highest BCUT2D eigenvalue weighted by molar-refractivity contribution is 7.91. The summed E-state index contributed by atoms with van der Waals surface area (Å²) >= 11 is 1.13. The lowest BCUT2D eigenvalue weighted by Gasteiger charge is -2.30. The lowest BCUT2D eigenvalue weighted by Crippen LogP contribution is -2.51. The van der Waals surface area contributed by atoms with Crippen LogP contribution >= 0.6 is 23.7 Å². The van der Waals surface area contributed by atoms with E-state index in [1.807, 2.05) is 20.8 Å². The van der Waals surface area contributed by atoms with Crippen molar-refractivity contribution in [2.24, 2.45) is 11.7 Å². The summed E-state index contributed by atoms with van der Waals surface area (Å²) in [6.45, 7) is 6.14. The monoisotopic (exact) mass is 342 g/mol. The Morgan fingerprint density at radius 2 is 2.10 bits per heavy atom. The summed E-state index contributed by atoms with van der Waals surface area (Å²) < 4.78 is 32.7. The van der Waals surface area contributed by atoms with Crippen LogP contribution in [0.5, 0.6) is 5.75 Å². The van der Waals surface area contributed by atoms with E-state index < -0.39 is 15.6 Å². The maximum Gasteiger partial charge on any atom is 0.254 e. The van der Waals surface area contributed by atoms with Crippen molar-refractivity contribution in [1.29, 1.82) is 0 Å². The zero-order valence-corrected chi connectivity index (χ0v) is 14.6. The lowest BCUT2D eigenvalue weighted by atomic mass is 9.92. The van der Waals surface area contributed by atoms with Gasteiger partial charge >= 0.3 is 0 Å². The van der Waals surface area contributed by atoms with E-state index in [2.05, 4.69) is 4.72 Å². The Labute approximate surface area is 131 Å². The van der Waals surface area contributed by atoms with E-state index >= 15 is 0 Å². The minimum atomic E-state index is -3.61. The fraction of sp³-hybridized carbons (Fsp3) is 0.667. The first-order valence-electron chi connectivity index (χ1n) is 6.09. The SMILES string of the molecule is COc1ccsc1S(=O)(=O)NC(C)(CN)CC(C)C.Cl. The molecule has 0 saturated carbocycles. The molecule has 1 aromatic rings. The summed E-state index contributed by atoms with van der Waals surface area (Å²) in [5, 5.41) is 1.69. The fourth-order valence-corrected chi connectivity index (χ4v) is 4.77. The van der Waals surface area contributed by atoms with Crippen molar-refractivity contribution in [1.82, 2.24) is 4.72 Å². The van der Waals surface area contributed by atoms with Crippen LogP contribution in [0.1, 0.15) is 27.2 Å². The first-order valence-corrected chi connectivity index (χ1v) is 8.46. The third-order valence-corrected chi connectivity index (χ3v) is 5.83. The lowest BCUT2D eigenvalue weighted by molar-refractivity contribution is 0.344. The second kappa shape index (κ2) is 7.61. The normalized spacial score (nSPS) is 14.7. The molecule has 0 amide bonds. The van der Waals surface area contributed by atoms with E-state index in [0.717, 1.165) is 11.3 Å². The molecule has 118 valence electrons. The molecule has 3 N–H and O–H groups in total. The topological polar surface area (TPSA) is 81.4 Å². The molecule has 8 heteroatoms. The van der Waals surface area contributed by atoms with Crippen molar-refractivity contribution in [3.63, 3.8) is 0 Å². The van der Waals surface area contributed by atoms with E-state index in [1.165, 1.54) is 7.11 Å². The van der Waals surface area contributed by atoms with Crippen molar-refractivity contribution in [2.75, 3.05) is 13.7 Å². The molecule has 1 rings (SSSR count). The van der Waals surface area contributed by atoms with Crippen LogP contribution in [-0.4, -0.2) is 27.6 Å². The van der Waals surface area contributed by atoms with Gasteiger partial charge in [-0.1, -0.05) is 13.8 Å². The number of ether oxygens (including phenoxy) is 1. The van der Waals surface area contributed by atoms with Gasteiger partial charge in [0.25, 0.3) is 10.0 Å². The van der Waals surface area contributed by atoms with Crippen LogP contribution < -0.4 is 15.2 Å². The predicted molar refractivity (Wildman–Crippen MR) is 85.4 cm³/mol. The van der Waals surface area contributed by atoms with Crippen LogP contribution in [0.2, 0.25) is 0 Å². The van der Waals surface area contributed by atoms with Gasteiger partial charge in [-0.15, -0.1) is 23.7 Å². The average molecular weight is 343 g/mol. The highest BCUT2D eigenvalue weighted by Crippen LogP contribution is 2.30. The number of hydrogen-bond acceptors (Lipinski definition) is 5. The number of rotatable bonds is 7. The van der Waals surface area contributed by atoms with Gasteiger partial charge in [-0.2, -0.15) is 0 Å². The second-order valence-electron chi connectivity index (χ2n) is 5.24. The molecule has 0 fully saturated rings. The van der Waals surface area contributed by atoms with Crippen molar-refractivity contribution in [2.45, 2.75) is 36.9 Å². The maximum absolute atomic E-state index is 12.4. The average Bonchev–Trinajstić information content (AvgIpc) is 2.75. The van der Waals surface area contributed by atoms with Gasteiger partial charge in [0.1, 0.15) is 5.75 Å². The number of sulfonamides is 1. The van der Waals surface area contributed by atoms with Gasteiger partial charge in [0.05, 0.1) is 7.11 Å². The highest BCUT2D eigenvalue weighted by atomic mass is 35.5. The molecular weight excluding hydrogens is 320 g/mol. The van der Waals surface area contributed by atoms with Crippen LogP contribution in [0, 0.1) is 5.92 Å². The summed E-state index contributed by atoms with van der Waals surface area (Å²) in [5.74, 6) is 0.711. The molecular formula is C12H23ClN2O3S2.